The van der Waals surface area contributed by atoms with Crippen molar-refractivity contribution < 1.29 is 17.9 Å². The Morgan fingerprint density at radius 3 is 2.26 bits per heavy atom. The van der Waals surface area contributed by atoms with E-state index in [1.54, 1.807) is 20.8 Å². The zero-order valence-corrected chi connectivity index (χ0v) is 12.5. The SMILES string of the molecule is CN1C2(CN(C(=O)OC(C)(C)C)C2)C(N)CS1(=O)=O. The summed E-state index contributed by atoms with van der Waals surface area (Å²) in [5, 5.41) is 0. The maximum Gasteiger partial charge on any atom is 0.410 e. The second-order valence-electron chi connectivity index (χ2n) is 6.29. The average molecular weight is 291 g/mol. The van der Waals surface area contributed by atoms with Crippen LogP contribution in [-0.2, 0) is 14.8 Å². The van der Waals surface area contributed by atoms with Crippen molar-refractivity contribution in [1.82, 2.24) is 9.21 Å². The van der Waals surface area contributed by atoms with Gasteiger partial charge in [-0.05, 0) is 20.8 Å². The lowest BCUT2D eigenvalue weighted by molar-refractivity contribution is -0.0349. The summed E-state index contributed by atoms with van der Waals surface area (Å²) in [5.74, 6) is -0.0638. The van der Waals surface area contributed by atoms with E-state index in [0.29, 0.717) is 13.1 Å². The number of ether oxygens (including phenoxy) is 1. The molecule has 110 valence electrons. The van der Waals surface area contributed by atoms with Crippen molar-refractivity contribution in [2.75, 3.05) is 25.9 Å². The molecule has 1 amide bonds. The van der Waals surface area contributed by atoms with E-state index in [1.165, 1.54) is 16.3 Å². The van der Waals surface area contributed by atoms with Crippen molar-refractivity contribution in [2.24, 2.45) is 5.73 Å². The molecule has 7 nitrogen and oxygen atoms in total. The number of nitrogens with two attached hydrogens (primary N) is 1. The molecule has 0 radical (unpaired) electrons. The lowest BCUT2D eigenvalue weighted by Gasteiger charge is -2.52. The number of hydrogen-bond acceptors (Lipinski definition) is 5. The van der Waals surface area contributed by atoms with E-state index in [4.69, 9.17) is 10.5 Å². The normalized spacial score (nSPS) is 29.3. The average Bonchev–Trinajstić information content (AvgIpc) is 2.28. The summed E-state index contributed by atoms with van der Waals surface area (Å²) in [6.45, 7) is 5.95. The number of likely N-dealkylation sites (N-methyl/N-ethyl adjacent to an activating group) is 1. The van der Waals surface area contributed by atoms with Crippen LogP contribution in [0, 0.1) is 0 Å². The van der Waals surface area contributed by atoms with Gasteiger partial charge in [-0.2, -0.15) is 4.31 Å². The molecule has 1 atom stereocenters. The van der Waals surface area contributed by atoms with Gasteiger partial charge in [0, 0.05) is 26.2 Å². The van der Waals surface area contributed by atoms with E-state index in [0.717, 1.165) is 0 Å². The lowest BCUT2D eigenvalue weighted by Crippen LogP contribution is -2.74. The minimum atomic E-state index is -3.30. The van der Waals surface area contributed by atoms with E-state index in [-0.39, 0.29) is 5.75 Å². The fourth-order valence-electron chi connectivity index (χ4n) is 2.51. The summed E-state index contributed by atoms with van der Waals surface area (Å²) in [5.41, 5.74) is 4.71. The molecule has 0 aliphatic carbocycles. The largest absolute Gasteiger partial charge is 0.444 e. The molecule has 2 aliphatic rings. The van der Waals surface area contributed by atoms with Crippen LogP contribution in [-0.4, -0.2) is 66.8 Å². The minimum absolute atomic E-state index is 0.0638. The number of sulfonamides is 1. The van der Waals surface area contributed by atoms with Crippen LogP contribution < -0.4 is 5.73 Å². The molecule has 0 aromatic rings. The predicted octanol–water partition coefficient (Wildman–Crippen LogP) is -0.422. The number of amides is 1. The van der Waals surface area contributed by atoms with Gasteiger partial charge in [0.15, 0.2) is 0 Å². The number of hydrogen-bond donors (Lipinski definition) is 1. The zero-order valence-electron chi connectivity index (χ0n) is 11.7. The number of carbonyl (C=O) groups excluding carboxylic acids is 1. The molecule has 2 N–H and O–H groups in total. The first-order valence-corrected chi connectivity index (χ1v) is 7.79. The Hall–Kier alpha value is -0.860. The van der Waals surface area contributed by atoms with E-state index in [9.17, 15) is 13.2 Å². The Bertz CT molecular complexity index is 491. The second kappa shape index (κ2) is 4.07. The summed E-state index contributed by atoms with van der Waals surface area (Å²) in [6.07, 6.45) is -0.428. The predicted molar refractivity (Wildman–Crippen MR) is 70.1 cm³/mol. The topological polar surface area (TPSA) is 92.9 Å². The molecular formula is C11H21N3O4S. The van der Waals surface area contributed by atoms with Gasteiger partial charge in [-0.1, -0.05) is 0 Å². The van der Waals surface area contributed by atoms with Crippen LogP contribution in [0.3, 0.4) is 0 Å². The monoisotopic (exact) mass is 291 g/mol. The van der Waals surface area contributed by atoms with Gasteiger partial charge >= 0.3 is 6.09 Å². The Morgan fingerprint density at radius 2 is 1.89 bits per heavy atom. The van der Waals surface area contributed by atoms with Gasteiger partial charge in [0.2, 0.25) is 10.0 Å². The maximum absolute atomic E-state index is 11.9. The molecule has 2 heterocycles. The molecule has 2 saturated heterocycles. The van der Waals surface area contributed by atoms with E-state index in [2.05, 4.69) is 0 Å². The van der Waals surface area contributed by atoms with E-state index in [1.807, 2.05) is 0 Å². The first-order chi connectivity index (χ1) is 8.48. The molecule has 2 rings (SSSR count). The van der Waals surface area contributed by atoms with Gasteiger partial charge in [0.05, 0.1) is 11.3 Å². The molecule has 0 bridgehead atoms. The van der Waals surface area contributed by atoms with Crippen molar-refractivity contribution in [3.8, 4) is 0 Å². The highest BCUT2D eigenvalue weighted by Gasteiger charge is 2.61. The van der Waals surface area contributed by atoms with Crippen molar-refractivity contribution >= 4 is 16.1 Å². The number of carbonyl (C=O) groups is 1. The van der Waals surface area contributed by atoms with Gasteiger partial charge in [-0.25, -0.2) is 13.2 Å². The molecule has 0 aromatic heterocycles. The fraction of sp³-hybridized carbons (Fsp3) is 0.909. The Morgan fingerprint density at radius 1 is 1.37 bits per heavy atom. The number of likely N-dealkylation sites (tertiary alicyclic amines) is 1. The summed E-state index contributed by atoms with van der Waals surface area (Å²) in [4.78, 5) is 13.3. The highest BCUT2D eigenvalue weighted by Crippen LogP contribution is 2.38. The second-order valence-corrected chi connectivity index (χ2v) is 8.34. The Balaban J connectivity index is 2.05. The molecule has 1 unspecified atom stereocenters. The van der Waals surface area contributed by atoms with E-state index >= 15 is 0 Å². The molecule has 0 saturated carbocycles. The summed E-state index contributed by atoms with van der Waals surface area (Å²) < 4.78 is 30.1. The van der Waals surface area contributed by atoms with Crippen molar-refractivity contribution in [2.45, 2.75) is 38.0 Å². The van der Waals surface area contributed by atoms with Crippen molar-refractivity contribution in [3.63, 3.8) is 0 Å². The van der Waals surface area contributed by atoms with Crippen LogP contribution in [0.25, 0.3) is 0 Å². The third-order valence-corrected chi connectivity index (χ3v) is 5.68. The highest BCUT2D eigenvalue weighted by atomic mass is 32.2. The highest BCUT2D eigenvalue weighted by molar-refractivity contribution is 7.89. The molecule has 0 aromatic carbocycles. The van der Waals surface area contributed by atoms with Crippen LogP contribution >= 0.6 is 0 Å². The number of rotatable bonds is 0. The molecular weight excluding hydrogens is 270 g/mol. The molecule has 2 aliphatic heterocycles. The van der Waals surface area contributed by atoms with Gasteiger partial charge in [0.25, 0.3) is 0 Å². The standard InChI is InChI=1S/C11H21N3O4S/c1-10(2,3)18-9(15)14-6-11(7-14)8(12)5-19(16,17)13(11)4/h8H,5-7,12H2,1-4H3. The third kappa shape index (κ3) is 2.32. The molecule has 8 heteroatoms. The Kier molecular flexibility index (Phi) is 3.11. The molecule has 2 fully saturated rings. The van der Waals surface area contributed by atoms with Gasteiger partial charge in [0.1, 0.15) is 5.60 Å². The lowest BCUT2D eigenvalue weighted by atomic mass is 9.84. The summed E-state index contributed by atoms with van der Waals surface area (Å²) >= 11 is 0. The summed E-state index contributed by atoms with van der Waals surface area (Å²) in [7, 11) is -1.77. The summed E-state index contributed by atoms with van der Waals surface area (Å²) in [6, 6.07) is -0.471. The maximum atomic E-state index is 11.9. The van der Waals surface area contributed by atoms with Crippen molar-refractivity contribution in [1.29, 1.82) is 0 Å². The van der Waals surface area contributed by atoms with E-state index < -0.39 is 33.3 Å². The zero-order chi connectivity index (χ0) is 14.6. The van der Waals surface area contributed by atoms with Crippen LogP contribution in [0.2, 0.25) is 0 Å². The van der Waals surface area contributed by atoms with Gasteiger partial charge < -0.3 is 15.4 Å². The van der Waals surface area contributed by atoms with Gasteiger partial charge in [-0.3, -0.25) is 0 Å². The molecule has 19 heavy (non-hydrogen) atoms. The molecule has 1 spiro atoms. The Labute approximate surface area is 113 Å². The third-order valence-electron chi connectivity index (χ3n) is 3.71. The quantitative estimate of drug-likeness (QED) is 0.654. The first kappa shape index (κ1) is 14.5. The fourth-order valence-corrected chi connectivity index (χ4v) is 4.30. The first-order valence-electron chi connectivity index (χ1n) is 6.18. The van der Waals surface area contributed by atoms with Gasteiger partial charge in [-0.15, -0.1) is 0 Å². The van der Waals surface area contributed by atoms with Crippen molar-refractivity contribution in [3.05, 3.63) is 0 Å². The smallest absolute Gasteiger partial charge is 0.410 e. The number of nitrogens with zero attached hydrogens (tertiary/aromatic N) is 2. The van der Waals surface area contributed by atoms with Crippen LogP contribution in [0.15, 0.2) is 0 Å². The minimum Gasteiger partial charge on any atom is -0.444 e. The van der Waals surface area contributed by atoms with Crippen LogP contribution in [0.1, 0.15) is 20.8 Å². The van der Waals surface area contributed by atoms with Crippen LogP contribution in [0.5, 0.6) is 0 Å². The van der Waals surface area contributed by atoms with Crippen LogP contribution in [0.4, 0.5) is 4.79 Å².